The van der Waals surface area contributed by atoms with Crippen molar-refractivity contribution in [3.63, 3.8) is 0 Å². The maximum Gasteiger partial charge on any atom is 0.405 e. The van der Waals surface area contributed by atoms with Crippen molar-refractivity contribution in [2.75, 3.05) is 39.0 Å². The number of methoxy groups -OCH3 is 1. The van der Waals surface area contributed by atoms with Gasteiger partial charge in [-0.3, -0.25) is 4.79 Å². The second-order valence-corrected chi connectivity index (χ2v) is 8.79. The number of carbonyl (C=O) groups is 2. The Morgan fingerprint density at radius 3 is 2.65 bits per heavy atom. The number of nitrogens with zero attached hydrogens (tertiary/aromatic N) is 1. The molecule has 0 aliphatic carbocycles. The summed E-state index contributed by atoms with van der Waals surface area (Å²) in [5.74, 6) is -0.00747. The fourth-order valence-electron chi connectivity index (χ4n) is 4.19. The van der Waals surface area contributed by atoms with E-state index in [1.807, 2.05) is 0 Å². The summed E-state index contributed by atoms with van der Waals surface area (Å²) in [5, 5.41) is 14.8. The molecule has 1 saturated heterocycles. The molecule has 0 aromatic heterocycles. The number of hydrogen-bond donors (Lipinski definition) is 4. The van der Waals surface area contributed by atoms with E-state index >= 15 is 0 Å². The molecule has 1 aliphatic heterocycles. The number of ether oxygens (including phenoxy) is 1. The number of likely N-dealkylation sites (tertiary alicyclic amines) is 1. The molecule has 0 spiro atoms. The first-order valence-electron chi connectivity index (χ1n) is 11.2. The summed E-state index contributed by atoms with van der Waals surface area (Å²) < 4.78 is 19.4. The Hall–Kier alpha value is -3.04. The van der Waals surface area contributed by atoms with Gasteiger partial charge in [0.05, 0.1) is 29.4 Å². The number of hydrogen-bond acceptors (Lipinski definition) is 5. The SMILES string of the molecule is COc1cc(N)c(Cl)cc1C(=O)NCC1CCN(CCC(NC(=O)O)c2ccccc2F)CC1. The van der Waals surface area contributed by atoms with E-state index in [0.717, 1.165) is 25.9 Å². The second kappa shape index (κ2) is 11.9. The molecule has 1 aliphatic rings. The third kappa shape index (κ3) is 6.74. The normalized spacial score (nSPS) is 15.5. The average Bonchev–Trinajstić information content (AvgIpc) is 2.82. The van der Waals surface area contributed by atoms with Crippen molar-refractivity contribution in [3.8, 4) is 5.75 Å². The van der Waals surface area contributed by atoms with Crippen molar-refractivity contribution >= 4 is 29.3 Å². The fourth-order valence-corrected chi connectivity index (χ4v) is 4.35. The van der Waals surface area contributed by atoms with E-state index in [-0.39, 0.29) is 5.91 Å². The van der Waals surface area contributed by atoms with Gasteiger partial charge in [-0.2, -0.15) is 0 Å². The van der Waals surface area contributed by atoms with Gasteiger partial charge in [0.1, 0.15) is 11.6 Å². The lowest BCUT2D eigenvalue weighted by Gasteiger charge is -2.33. The smallest absolute Gasteiger partial charge is 0.405 e. The van der Waals surface area contributed by atoms with E-state index in [2.05, 4.69) is 15.5 Å². The lowest BCUT2D eigenvalue weighted by molar-refractivity contribution is 0.0932. The molecule has 1 unspecified atom stereocenters. The molecule has 2 aromatic carbocycles. The van der Waals surface area contributed by atoms with Crippen LogP contribution in [0.15, 0.2) is 36.4 Å². The largest absolute Gasteiger partial charge is 0.496 e. The zero-order valence-electron chi connectivity index (χ0n) is 19.0. The first-order valence-corrected chi connectivity index (χ1v) is 11.5. The number of anilines is 1. The topological polar surface area (TPSA) is 117 Å². The molecule has 1 fully saturated rings. The van der Waals surface area contributed by atoms with Crippen molar-refractivity contribution in [1.82, 2.24) is 15.5 Å². The number of nitrogens with two attached hydrogens (primary N) is 1. The van der Waals surface area contributed by atoms with Crippen LogP contribution < -0.4 is 21.1 Å². The van der Waals surface area contributed by atoms with E-state index in [1.54, 1.807) is 18.2 Å². The summed E-state index contributed by atoms with van der Waals surface area (Å²) in [5.41, 5.74) is 6.81. The standard InChI is InChI=1S/C24H30ClFN4O4/c1-34-22-13-20(27)18(25)12-17(22)23(31)28-14-15-6-9-30(10-7-15)11-8-21(29-24(32)33)16-4-2-3-5-19(16)26/h2-5,12-13,15,21,29H,6-11,14,27H2,1H3,(H,28,31)(H,32,33). The number of nitrogens with one attached hydrogen (secondary N) is 2. The monoisotopic (exact) mass is 492 g/mol. The molecule has 34 heavy (non-hydrogen) atoms. The predicted octanol–water partition coefficient (Wildman–Crippen LogP) is 3.91. The van der Waals surface area contributed by atoms with Crippen molar-refractivity contribution in [2.45, 2.75) is 25.3 Å². The van der Waals surface area contributed by atoms with Crippen molar-refractivity contribution in [2.24, 2.45) is 5.92 Å². The number of halogens is 2. The van der Waals surface area contributed by atoms with Gasteiger partial charge in [0.15, 0.2) is 0 Å². The first kappa shape index (κ1) is 25.6. The van der Waals surface area contributed by atoms with E-state index in [1.165, 1.54) is 25.3 Å². The van der Waals surface area contributed by atoms with Crippen LogP contribution in [-0.4, -0.2) is 55.3 Å². The summed E-state index contributed by atoms with van der Waals surface area (Å²) in [6.07, 6.45) is 1.06. The zero-order chi connectivity index (χ0) is 24.7. The van der Waals surface area contributed by atoms with Crippen LogP contribution in [0.1, 0.15) is 41.2 Å². The van der Waals surface area contributed by atoms with Gasteiger partial charge in [-0.05, 0) is 50.4 Å². The van der Waals surface area contributed by atoms with Gasteiger partial charge in [0, 0.05) is 24.7 Å². The molecule has 0 saturated carbocycles. The summed E-state index contributed by atoms with van der Waals surface area (Å²) >= 11 is 6.06. The van der Waals surface area contributed by atoms with Crippen LogP contribution in [0.2, 0.25) is 5.02 Å². The molecule has 2 amide bonds. The summed E-state index contributed by atoms with van der Waals surface area (Å²) in [6.45, 7) is 2.79. The van der Waals surface area contributed by atoms with E-state index < -0.39 is 18.0 Å². The summed E-state index contributed by atoms with van der Waals surface area (Å²) in [7, 11) is 1.47. The molecule has 10 heteroatoms. The van der Waals surface area contributed by atoms with Gasteiger partial charge in [0.25, 0.3) is 5.91 Å². The molecule has 3 rings (SSSR count). The van der Waals surface area contributed by atoms with Gasteiger partial charge in [-0.1, -0.05) is 29.8 Å². The minimum Gasteiger partial charge on any atom is -0.496 e. The molecular weight excluding hydrogens is 463 g/mol. The van der Waals surface area contributed by atoms with Crippen LogP contribution in [0.25, 0.3) is 0 Å². The third-order valence-electron chi connectivity index (χ3n) is 6.13. The highest BCUT2D eigenvalue weighted by Gasteiger charge is 2.23. The first-order chi connectivity index (χ1) is 16.3. The maximum absolute atomic E-state index is 14.2. The maximum atomic E-state index is 14.2. The Morgan fingerprint density at radius 1 is 1.29 bits per heavy atom. The third-order valence-corrected chi connectivity index (χ3v) is 6.46. The molecule has 1 atom stereocenters. The van der Waals surface area contributed by atoms with Crippen LogP contribution in [-0.2, 0) is 0 Å². The Labute approximate surface area is 203 Å². The van der Waals surface area contributed by atoms with Crippen molar-refractivity contribution in [3.05, 3.63) is 58.4 Å². The van der Waals surface area contributed by atoms with Crippen LogP contribution >= 0.6 is 11.6 Å². The molecule has 0 radical (unpaired) electrons. The molecule has 8 nitrogen and oxygen atoms in total. The molecule has 0 bridgehead atoms. The number of benzene rings is 2. The van der Waals surface area contributed by atoms with Gasteiger partial charge in [-0.15, -0.1) is 0 Å². The summed E-state index contributed by atoms with van der Waals surface area (Å²) in [4.78, 5) is 26.1. The van der Waals surface area contributed by atoms with Crippen LogP contribution in [0.4, 0.5) is 14.9 Å². The molecule has 5 N–H and O–H groups in total. The van der Waals surface area contributed by atoms with E-state index in [9.17, 15) is 14.0 Å². The lowest BCUT2D eigenvalue weighted by Crippen LogP contribution is -2.40. The average molecular weight is 493 g/mol. The Kier molecular flexibility index (Phi) is 8.95. The number of amides is 2. The van der Waals surface area contributed by atoms with Crippen LogP contribution in [0, 0.1) is 11.7 Å². The minimum absolute atomic E-state index is 0.270. The quantitative estimate of drug-likeness (QED) is 0.394. The number of carbonyl (C=O) groups excluding carboxylic acids is 1. The Balaban J connectivity index is 1.48. The second-order valence-electron chi connectivity index (χ2n) is 8.38. The van der Waals surface area contributed by atoms with Gasteiger partial charge in [0.2, 0.25) is 0 Å². The van der Waals surface area contributed by atoms with Crippen LogP contribution in [0.3, 0.4) is 0 Å². The highest BCUT2D eigenvalue weighted by Crippen LogP contribution is 2.29. The predicted molar refractivity (Wildman–Crippen MR) is 129 cm³/mol. The number of carboxylic acid groups (broad SMARTS) is 1. The minimum atomic E-state index is -1.18. The van der Waals surface area contributed by atoms with E-state index in [0.29, 0.717) is 53.0 Å². The molecular formula is C24H30ClFN4O4. The van der Waals surface area contributed by atoms with E-state index in [4.69, 9.17) is 27.2 Å². The van der Waals surface area contributed by atoms with Crippen molar-refractivity contribution < 1.29 is 23.8 Å². The highest BCUT2D eigenvalue weighted by atomic mass is 35.5. The van der Waals surface area contributed by atoms with Crippen LogP contribution in [0.5, 0.6) is 5.75 Å². The Bertz CT molecular complexity index is 1010. The highest BCUT2D eigenvalue weighted by molar-refractivity contribution is 6.33. The Morgan fingerprint density at radius 2 is 2.00 bits per heavy atom. The lowest BCUT2D eigenvalue weighted by atomic mass is 9.95. The summed E-state index contributed by atoms with van der Waals surface area (Å²) in [6, 6.07) is 8.64. The zero-order valence-corrected chi connectivity index (χ0v) is 19.8. The van der Waals surface area contributed by atoms with Gasteiger partial charge >= 0.3 is 6.09 Å². The number of piperidine rings is 1. The number of nitrogen functional groups attached to an aromatic ring is 1. The fraction of sp³-hybridized carbons (Fsp3) is 0.417. The molecule has 1 heterocycles. The molecule has 184 valence electrons. The molecule has 2 aromatic rings. The van der Waals surface area contributed by atoms with Gasteiger partial charge < -0.3 is 31.1 Å². The van der Waals surface area contributed by atoms with Crippen molar-refractivity contribution in [1.29, 1.82) is 0 Å². The number of rotatable bonds is 9. The van der Waals surface area contributed by atoms with Gasteiger partial charge in [-0.25, -0.2) is 9.18 Å².